The van der Waals surface area contributed by atoms with Crippen LogP contribution >= 0.6 is 23.2 Å². The molecular formula is C14H12Cl2O. The molecule has 2 rings (SSSR count). The molecule has 0 radical (unpaired) electrons. The predicted molar refractivity (Wildman–Crippen MR) is 71.7 cm³/mol. The minimum atomic E-state index is -0.794. The summed E-state index contributed by atoms with van der Waals surface area (Å²) in [5.74, 6) is 0. The quantitative estimate of drug-likeness (QED) is 0.855. The summed E-state index contributed by atoms with van der Waals surface area (Å²) in [6.07, 6.45) is -0.794. The van der Waals surface area contributed by atoms with Gasteiger partial charge in [0.15, 0.2) is 0 Å². The summed E-state index contributed by atoms with van der Waals surface area (Å²) in [7, 11) is 0. The normalized spacial score (nSPS) is 12.5. The highest BCUT2D eigenvalue weighted by Gasteiger charge is 2.18. The van der Waals surface area contributed by atoms with Crippen molar-refractivity contribution in [2.24, 2.45) is 0 Å². The van der Waals surface area contributed by atoms with Crippen LogP contribution < -0.4 is 0 Å². The summed E-state index contributed by atoms with van der Waals surface area (Å²) in [6.45, 7) is 1.95. The van der Waals surface area contributed by atoms with Crippen molar-refractivity contribution in [2.75, 3.05) is 0 Å². The van der Waals surface area contributed by atoms with E-state index in [9.17, 15) is 5.11 Å². The van der Waals surface area contributed by atoms with Crippen molar-refractivity contribution in [3.63, 3.8) is 0 Å². The first-order valence-corrected chi connectivity index (χ1v) is 6.04. The van der Waals surface area contributed by atoms with E-state index in [0.717, 1.165) is 11.1 Å². The second-order valence-electron chi connectivity index (χ2n) is 3.89. The van der Waals surface area contributed by atoms with Gasteiger partial charge in [0.1, 0.15) is 6.10 Å². The number of hydrogen-bond donors (Lipinski definition) is 1. The maximum atomic E-state index is 10.4. The molecule has 0 aromatic heterocycles. The maximum Gasteiger partial charge on any atom is 0.107 e. The number of hydrogen-bond acceptors (Lipinski definition) is 1. The van der Waals surface area contributed by atoms with Gasteiger partial charge in [0, 0.05) is 15.6 Å². The molecular weight excluding hydrogens is 255 g/mol. The molecule has 0 fully saturated rings. The Bertz CT molecular complexity index is 517. The summed E-state index contributed by atoms with van der Waals surface area (Å²) in [5.41, 5.74) is 2.39. The Morgan fingerprint density at radius 3 is 2.12 bits per heavy atom. The SMILES string of the molecule is Cc1ccccc1C(O)c1c(Cl)cccc1Cl. The van der Waals surface area contributed by atoms with Gasteiger partial charge in [0.05, 0.1) is 0 Å². The molecule has 0 amide bonds. The fourth-order valence-corrected chi connectivity index (χ4v) is 2.43. The third-order valence-corrected chi connectivity index (χ3v) is 3.42. The Morgan fingerprint density at radius 2 is 1.53 bits per heavy atom. The van der Waals surface area contributed by atoms with E-state index in [1.807, 2.05) is 31.2 Å². The molecule has 1 atom stereocenters. The van der Waals surface area contributed by atoms with Gasteiger partial charge in [-0.2, -0.15) is 0 Å². The van der Waals surface area contributed by atoms with Crippen LogP contribution in [0.25, 0.3) is 0 Å². The van der Waals surface area contributed by atoms with E-state index in [0.29, 0.717) is 15.6 Å². The van der Waals surface area contributed by atoms with Gasteiger partial charge < -0.3 is 5.11 Å². The number of rotatable bonds is 2. The Labute approximate surface area is 111 Å². The molecule has 0 saturated carbocycles. The molecule has 1 N–H and O–H groups in total. The summed E-state index contributed by atoms with van der Waals surface area (Å²) < 4.78 is 0. The molecule has 3 heteroatoms. The number of aliphatic hydroxyl groups excluding tert-OH is 1. The standard InChI is InChI=1S/C14H12Cl2O/c1-9-5-2-3-6-10(9)14(17)13-11(15)7-4-8-12(13)16/h2-8,14,17H,1H3. The Balaban J connectivity index is 2.51. The van der Waals surface area contributed by atoms with Crippen LogP contribution in [0.3, 0.4) is 0 Å². The zero-order chi connectivity index (χ0) is 12.4. The average molecular weight is 267 g/mol. The van der Waals surface area contributed by atoms with Crippen LogP contribution in [0.2, 0.25) is 10.0 Å². The number of benzene rings is 2. The lowest BCUT2D eigenvalue weighted by Gasteiger charge is -2.16. The predicted octanol–water partition coefficient (Wildman–Crippen LogP) is 4.38. The molecule has 0 spiro atoms. The van der Waals surface area contributed by atoms with Gasteiger partial charge in [-0.25, -0.2) is 0 Å². The van der Waals surface area contributed by atoms with E-state index in [-0.39, 0.29) is 0 Å². The third kappa shape index (κ3) is 2.47. The largest absolute Gasteiger partial charge is 0.384 e. The van der Waals surface area contributed by atoms with E-state index in [2.05, 4.69) is 0 Å². The van der Waals surface area contributed by atoms with E-state index in [1.165, 1.54) is 0 Å². The van der Waals surface area contributed by atoms with E-state index in [4.69, 9.17) is 23.2 Å². The van der Waals surface area contributed by atoms with Crippen molar-refractivity contribution in [1.82, 2.24) is 0 Å². The third-order valence-electron chi connectivity index (χ3n) is 2.76. The highest BCUT2D eigenvalue weighted by atomic mass is 35.5. The fraction of sp³-hybridized carbons (Fsp3) is 0.143. The molecule has 88 valence electrons. The first-order valence-electron chi connectivity index (χ1n) is 5.28. The van der Waals surface area contributed by atoms with E-state index < -0.39 is 6.10 Å². The zero-order valence-electron chi connectivity index (χ0n) is 9.32. The van der Waals surface area contributed by atoms with E-state index >= 15 is 0 Å². The Kier molecular flexibility index (Phi) is 3.72. The van der Waals surface area contributed by atoms with Gasteiger partial charge in [-0.15, -0.1) is 0 Å². The molecule has 2 aromatic rings. The first kappa shape index (κ1) is 12.4. The molecule has 0 aliphatic heterocycles. The van der Waals surface area contributed by atoms with Gasteiger partial charge in [-0.3, -0.25) is 0 Å². The van der Waals surface area contributed by atoms with E-state index in [1.54, 1.807) is 18.2 Å². The van der Waals surface area contributed by atoms with Gasteiger partial charge in [0.25, 0.3) is 0 Å². The molecule has 1 unspecified atom stereocenters. The number of aliphatic hydroxyl groups is 1. The second kappa shape index (κ2) is 5.09. The smallest absolute Gasteiger partial charge is 0.107 e. The minimum absolute atomic E-state index is 0.480. The van der Waals surface area contributed by atoms with Gasteiger partial charge in [-0.05, 0) is 30.2 Å². The van der Waals surface area contributed by atoms with Gasteiger partial charge in [0.2, 0.25) is 0 Å². The highest BCUT2D eigenvalue weighted by molar-refractivity contribution is 6.36. The monoisotopic (exact) mass is 266 g/mol. The van der Waals surface area contributed by atoms with Gasteiger partial charge in [-0.1, -0.05) is 53.5 Å². The Hall–Kier alpha value is -1.02. The summed E-state index contributed by atoms with van der Waals surface area (Å²) in [4.78, 5) is 0. The summed E-state index contributed by atoms with van der Waals surface area (Å²) in [5, 5.41) is 11.3. The van der Waals surface area contributed by atoms with Crippen molar-refractivity contribution < 1.29 is 5.11 Å². The van der Waals surface area contributed by atoms with Crippen molar-refractivity contribution in [2.45, 2.75) is 13.0 Å². The van der Waals surface area contributed by atoms with Crippen LogP contribution in [-0.2, 0) is 0 Å². The first-order chi connectivity index (χ1) is 8.11. The van der Waals surface area contributed by atoms with Crippen LogP contribution in [0.15, 0.2) is 42.5 Å². The van der Waals surface area contributed by atoms with Crippen molar-refractivity contribution in [1.29, 1.82) is 0 Å². The van der Waals surface area contributed by atoms with Crippen LogP contribution in [0.1, 0.15) is 22.8 Å². The maximum absolute atomic E-state index is 10.4. The molecule has 0 aliphatic rings. The summed E-state index contributed by atoms with van der Waals surface area (Å²) in [6, 6.07) is 12.9. The van der Waals surface area contributed by atoms with Crippen LogP contribution in [0.5, 0.6) is 0 Å². The van der Waals surface area contributed by atoms with Crippen LogP contribution in [0.4, 0.5) is 0 Å². The van der Waals surface area contributed by atoms with Gasteiger partial charge >= 0.3 is 0 Å². The lowest BCUT2D eigenvalue weighted by Crippen LogP contribution is -2.03. The lowest BCUT2D eigenvalue weighted by molar-refractivity contribution is 0.220. The average Bonchev–Trinajstić information content (AvgIpc) is 2.29. The topological polar surface area (TPSA) is 20.2 Å². The molecule has 1 nitrogen and oxygen atoms in total. The number of aryl methyl sites for hydroxylation is 1. The molecule has 0 heterocycles. The fourth-order valence-electron chi connectivity index (χ4n) is 1.82. The summed E-state index contributed by atoms with van der Waals surface area (Å²) >= 11 is 12.2. The molecule has 17 heavy (non-hydrogen) atoms. The minimum Gasteiger partial charge on any atom is -0.384 e. The zero-order valence-corrected chi connectivity index (χ0v) is 10.8. The molecule has 0 aliphatic carbocycles. The highest BCUT2D eigenvalue weighted by Crippen LogP contribution is 2.34. The molecule has 0 bridgehead atoms. The molecule has 0 saturated heterocycles. The van der Waals surface area contributed by atoms with Crippen molar-refractivity contribution >= 4 is 23.2 Å². The van der Waals surface area contributed by atoms with Crippen LogP contribution in [0, 0.1) is 6.92 Å². The number of halogens is 2. The van der Waals surface area contributed by atoms with Crippen LogP contribution in [-0.4, -0.2) is 5.11 Å². The van der Waals surface area contributed by atoms with Crippen molar-refractivity contribution in [3.05, 3.63) is 69.2 Å². The lowest BCUT2D eigenvalue weighted by atomic mass is 9.97. The molecule has 2 aromatic carbocycles. The second-order valence-corrected chi connectivity index (χ2v) is 4.71. The Morgan fingerprint density at radius 1 is 0.941 bits per heavy atom. The van der Waals surface area contributed by atoms with Crippen molar-refractivity contribution in [3.8, 4) is 0 Å².